The van der Waals surface area contributed by atoms with E-state index in [9.17, 15) is 9.59 Å². The predicted octanol–water partition coefficient (Wildman–Crippen LogP) is 3.72. The first kappa shape index (κ1) is 20.8. The Morgan fingerprint density at radius 2 is 1.67 bits per heavy atom. The van der Waals surface area contributed by atoms with Gasteiger partial charge < -0.3 is 15.0 Å². The summed E-state index contributed by atoms with van der Waals surface area (Å²) in [6.07, 6.45) is 0.891. The predicted molar refractivity (Wildman–Crippen MR) is 126 cm³/mol. The van der Waals surface area contributed by atoms with Crippen LogP contribution in [0.2, 0.25) is 0 Å². The normalized spacial score (nSPS) is 17.1. The van der Waals surface area contributed by atoms with Gasteiger partial charge in [-0.2, -0.15) is 0 Å². The first-order valence-corrected chi connectivity index (χ1v) is 11.0. The molecule has 1 atom stereocenters. The molecule has 0 bridgehead atoms. The molecular formula is C26H24N4O3. The van der Waals surface area contributed by atoms with E-state index in [-0.39, 0.29) is 18.2 Å². The minimum Gasteiger partial charge on any atom is -0.457 e. The summed E-state index contributed by atoms with van der Waals surface area (Å²) < 4.78 is 5.76. The summed E-state index contributed by atoms with van der Waals surface area (Å²) in [5.74, 6) is 1.46. The number of hydrogen-bond donors (Lipinski definition) is 2. The zero-order valence-electron chi connectivity index (χ0n) is 18.0. The van der Waals surface area contributed by atoms with Crippen LogP contribution in [0.1, 0.15) is 17.5 Å². The highest BCUT2D eigenvalue weighted by Gasteiger charge is 2.32. The number of amides is 2. The van der Waals surface area contributed by atoms with Gasteiger partial charge in [0.25, 0.3) is 5.91 Å². The second kappa shape index (κ2) is 9.16. The summed E-state index contributed by atoms with van der Waals surface area (Å²) in [5.41, 5.74) is 3.20. The molecule has 0 unspecified atom stereocenters. The Hall–Kier alpha value is -4.13. The third kappa shape index (κ3) is 4.87. The van der Waals surface area contributed by atoms with Crippen LogP contribution in [0.3, 0.4) is 0 Å². The number of carbonyl (C=O) groups excluding carboxylic acids is 2. The van der Waals surface area contributed by atoms with Crippen molar-refractivity contribution in [2.45, 2.75) is 25.4 Å². The molecule has 3 aromatic rings. The molecule has 7 nitrogen and oxygen atoms in total. The highest BCUT2D eigenvalue weighted by atomic mass is 16.5. The maximum Gasteiger partial charge on any atom is 0.252 e. The van der Waals surface area contributed by atoms with E-state index in [1.807, 2.05) is 42.5 Å². The standard InChI is InChI=1S/C26H24N4O3/c31-24(27-20-10-12-22(13-11-20)33-21-8-2-1-3-9-21)16-23-25(32)29-26(28-23)30-15-14-18-6-4-5-7-19(18)17-30/h1-13,23H,14-17H2,(H,27,31)(H,28,29,32)/t23-/m1/s1. The van der Waals surface area contributed by atoms with Gasteiger partial charge in [-0.25, -0.2) is 4.99 Å². The largest absolute Gasteiger partial charge is 0.457 e. The lowest BCUT2D eigenvalue weighted by atomic mass is 10.0. The fourth-order valence-corrected chi connectivity index (χ4v) is 4.03. The zero-order valence-corrected chi connectivity index (χ0v) is 18.0. The molecule has 0 radical (unpaired) electrons. The van der Waals surface area contributed by atoms with E-state index < -0.39 is 6.04 Å². The van der Waals surface area contributed by atoms with Crippen LogP contribution in [0.4, 0.5) is 5.69 Å². The van der Waals surface area contributed by atoms with E-state index >= 15 is 0 Å². The number of rotatable bonds is 5. The van der Waals surface area contributed by atoms with Gasteiger partial charge in [0, 0.05) is 18.8 Å². The molecule has 3 aromatic carbocycles. The van der Waals surface area contributed by atoms with Gasteiger partial charge in [0.1, 0.15) is 17.5 Å². The zero-order chi connectivity index (χ0) is 22.6. The molecule has 2 heterocycles. The molecule has 33 heavy (non-hydrogen) atoms. The summed E-state index contributed by atoms with van der Waals surface area (Å²) in [6.45, 7) is 1.48. The second-order valence-corrected chi connectivity index (χ2v) is 8.09. The number of aliphatic imine (C=N–C) groups is 1. The van der Waals surface area contributed by atoms with Crippen LogP contribution < -0.4 is 15.4 Å². The molecular weight excluding hydrogens is 416 g/mol. The molecule has 166 valence electrons. The Kier molecular flexibility index (Phi) is 5.76. The van der Waals surface area contributed by atoms with E-state index in [0.29, 0.717) is 23.9 Å². The highest BCUT2D eigenvalue weighted by Crippen LogP contribution is 2.23. The minimum atomic E-state index is -0.724. The topological polar surface area (TPSA) is 83.0 Å². The monoisotopic (exact) mass is 440 g/mol. The van der Waals surface area contributed by atoms with E-state index in [1.54, 1.807) is 24.3 Å². The van der Waals surface area contributed by atoms with Gasteiger partial charge in [0.2, 0.25) is 11.9 Å². The SMILES string of the molecule is O=C(C[C@H]1N=C(N2CCc3ccccc3C2)NC1=O)Nc1ccc(Oc2ccccc2)cc1. The first-order chi connectivity index (χ1) is 16.1. The van der Waals surface area contributed by atoms with Crippen molar-refractivity contribution in [3.05, 3.63) is 90.0 Å². The van der Waals surface area contributed by atoms with Crippen LogP contribution in [0, 0.1) is 0 Å². The van der Waals surface area contributed by atoms with Crippen molar-refractivity contribution < 1.29 is 14.3 Å². The number of benzene rings is 3. The maximum absolute atomic E-state index is 12.5. The molecule has 0 saturated heterocycles. The van der Waals surface area contributed by atoms with Crippen molar-refractivity contribution in [2.75, 3.05) is 11.9 Å². The smallest absolute Gasteiger partial charge is 0.252 e. The molecule has 2 amide bonds. The Balaban J connectivity index is 1.17. The number of para-hydroxylation sites is 1. The summed E-state index contributed by atoms with van der Waals surface area (Å²) in [5, 5.41) is 5.68. The van der Waals surface area contributed by atoms with Gasteiger partial charge in [-0.3, -0.25) is 14.9 Å². The Morgan fingerprint density at radius 3 is 2.45 bits per heavy atom. The molecule has 2 N–H and O–H groups in total. The fraction of sp³-hybridized carbons (Fsp3) is 0.192. The number of anilines is 1. The van der Waals surface area contributed by atoms with Gasteiger partial charge >= 0.3 is 0 Å². The van der Waals surface area contributed by atoms with E-state index in [0.717, 1.165) is 18.7 Å². The van der Waals surface area contributed by atoms with Gasteiger partial charge in [0.15, 0.2) is 0 Å². The third-order valence-corrected chi connectivity index (χ3v) is 5.74. The first-order valence-electron chi connectivity index (χ1n) is 11.0. The van der Waals surface area contributed by atoms with Gasteiger partial charge in [-0.05, 0) is 53.9 Å². The molecule has 0 fully saturated rings. The van der Waals surface area contributed by atoms with E-state index in [1.165, 1.54) is 11.1 Å². The second-order valence-electron chi connectivity index (χ2n) is 8.09. The summed E-state index contributed by atoms with van der Waals surface area (Å²) in [4.78, 5) is 31.5. The van der Waals surface area contributed by atoms with Crippen molar-refractivity contribution in [1.29, 1.82) is 0 Å². The lowest BCUT2D eigenvalue weighted by molar-refractivity contribution is -0.123. The molecule has 5 rings (SSSR count). The molecule has 0 aliphatic carbocycles. The van der Waals surface area contributed by atoms with Crippen LogP contribution in [-0.4, -0.2) is 35.3 Å². The molecule has 7 heteroatoms. The minimum absolute atomic E-state index is 0.0119. The van der Waals surface area contributed by atoms with E-state index in [4.69, 9.17) is 4.74 Å². The number of guanidine groups is 1. The number of nitrogens with zero attached hydrogens (tertiary/aromatic N) is 2. The number of hydrogen-bond acceptors (Lipinski definition) is 5. The average Bonchev–Trinajstić information content (AvgIpc) is 3.20. The highest BCUT2D eigenvalue weighted by molar-refractivity contribution is 6.07. The summed E-state index contributed by atoms with van der Waals surface area (Å²) in [6, 6.07) is 24.2. The summed E-state index contributed by atoms with van der Waals surface area (Å²) >= 11 is 0. The number of ether oxygens (including phenoxy) is 1. The molecule has 0 saturated carbocycles. The van der Waals surface area contributed by atoms with Crippen LogP contribution in [0.25, 0.3) is 0 Å². The average molecular weight is 441 g/mol. The fourth-order valence-electron chi connectivity index (χ4n) is 4.03. The van der Waals surface area contributed by atoms with Gasteiger partial charge in [-0.1, -0.05) is 42.5 Å². The van der Waals surface area contributed by atoms with Crippen molar-refractivity contribution in [1.82, 2.24) is 10.2 Å². The Labute approximate surface area is 192 Å². The molecule has 0 spiro atoms. The molecule has 0 aromatic heterocycles. The Morgan fingerprint density at radius 1 is 0.970 bits per heavy atom. The number of nitrogens with one attached hydrogen (secondary N) is 2. The van der Waals surface area contributed by atoms with Crippen molar-refractivity contribution in [3.63, 3.8) is 0 Å². The number of carbonyl (C=O) groups is 2. The van der Waals surface area contributed by atoms with Crippen molar-refractivity contribution >= 4 is 23.5 Å². The van der Waals surface area contributed by atoms with Crippen LogP contribution >= 0.6 is 0 Å². The summed E-state index contributed by atoms with van der Waals surface area (Å²) in [7, 11) is 0. The third-order valence-electron chi connectivity index (χ3n) is 5.74. The van der Waals surface area contributed by atoms with Gasteiger partial charge in [-0.15, -0.1) is 0 Å². The maximum atomic E-state index is 12.5. The number of fused-ring (bicyclic) bond motifs is 1. The van der Waals surface area contributed by atoms with Crippen LogP contribution in [0.5, 0.6) is 11.5 Å². The van der Waals surface area contributed by atoms with Crippen molar-refractivity contribution in [2.24, 2.45) is 4.99 Å². The quantitative estimate of drug-likeness (QED) is 0.634. The van der Waals surface area contributed by atoms with Crippen molar-refractivity contribution in [3.8, 4) is 11.5 Å². The van der Waals surface area contributed by atoms with Gasteiger partial charge in [0.05, 0.1) is 6.42 Å². The lowest BCUT2D eigenvalue weighted by Gasteiger charge is -2.29. The van der Waals surface area contributed by atoms with E-state index in [2.05, 4.69) is 32.7 Å². The lowest BCUT2D eigenvalue weighted by Crippen LogP contribution is -2.43. The molecule has 2 aliphatic rings. The Bertz CT molecular complexity index is 1190. The van der Waals surface area contributed by atoms with Crippen LogP contribution in [0.15, 0.2) is 83.9 Å². The molecule has 2 aliphatic heterocycles. The van der Waals surface area contributed by atoms with Crippen LogP contribution in [-0.2, 0) is 22.6 Å².